The molecule has 2 aliphatic rings. The molecule has 0 N–H and O–H groups in total. The van der Waals surface area contributed by atoms with E-state index < -0.39 is 21.7 Å². The van der Waals surface area contributed by atoms with Crippen LogP contribution in [-0.2, 0) is 14.8 Å². The summed E-state index contributed by atoms with van der Waals surface area (Å²) in [5.74, 6) is -2.54. The van der Waals surface area contributed by atoms with Gasteiger partial charge in [-0.05, 0) is 44.9 Å². The number of urea groups is 1. The topological polar surface area (TPSA) is 81.2 Å². The summed E-state index contributed by atoms with van der Waals surface area (Å²) in [7, 11) is -3.97. The molecule has 32 heavy (non-hydrogen) atoms. The molecule has 1 aromatic rings. The number of sulfonamides is 1. The van der Waals surface area contributed by atoms with E-state index in [4.69, 9.17) is 0 Å². The highest BCUT2D eigenvalue weighted by Crippen LogP contribution is 2.24. The zero-order valence-electron chi connectivity index (χ0n) is 18.5. The van der Waals surface area contributed by atoms with Gasteiger partial charge in [0.2, 0.25) is 15.9 Å². The number of amides is 3. The number of carbonyl (C=O) groups excluding carboxylic acids is 2. The van der Waals surface area contributed by atoms with E-state index in [1.165, 1.54) is 4.31 Å². The number of rotatable bonds is 5. The molecule has 0 aliphatic carbocycles. The molecule has 3 rings (SSSR count). The van der Waals surface area contributed by atoms with Gasteiger partial charge in [0.15, 0.2) is 11.6 Å². The standard InChI is InChI=1S/C21H30F2N4O4S/c1-3-24(4-2)21(29)26-9-7-16(8-10-26)20(28)25-11-13-27(14-12-25)32(30,31)17-5-6-18(22)19(23)15-17/h5-6,15-16H,3-4,7-14H2,1-2H3. The second-order valence-electron chi connectivity index (χ2n) is 8.02. The number of halogens is 2. The zero-order valence-corrected chi connectivity index (χ0v) is 19.3. The Labute approximate surface area is 187 Å². The highest BCUT2D eigenvalue weighted by atomic mass is 32.2. The van der Waals surface area contributed by atoms with Gasteiger partial charge in [-0.3, -0.25) is 4.79 Å². The van der Waals surface area contributed by atoms with Crippen molar-refractivity contribution < 1.29 is 26.8 Å². The van der Waals surface area contributed by atoms with Crippen molar-refractivity contribution in [2.75, 3.05) is 52.4 Å². The highest BCUT2D eigenvalue weighted by Gasteiger charge is 2.35. The third-order valence-corrected chi connectivity index (χ3v) is 8.12. The fourth-order valence-corrected chi connectivity index (χ4v) is 5.64. The van der Waals surface area contributed by atoms with Crippen LogP contribution in [0.3, 0.4) is 0 Å². The maximum Gasteiger partial charge on any atom is 0.319 e. The summed E-state index contributed by atoms with van der Waals surface area (Å²) in [5.41, 5.74) is 0. The molecular formula is C21H30F2N4O4S. The molecule has 0 atom stereocenters. The Hall–Kier alpha value is -2.27. The van der Waals surface area contributed by atoms with E-state index in [2.05, 4.69) is 0 Å². The van der Waals surface area contributed by atoms with Gasteiger partial charge in [-0.2, -0.15) is 4.31 Å². The van der Waals surface area contributed by atoms with Gasteiger partial charge in [0, 0.05) is 58.3 Å². The predicted molar refractivity (Wildman–Crippen MR) is 114 cm³/mol. The van der Waals surface area contributed by atoms with Gasteiger partial charge in [0.1, 0.15) is 0 Å². The van der Waals surface area contributed by atoms with Crippen molar-refractivity contribution >= 4 is 22.0 Å². The number of benzene rings is 1. The molecule has 2 saturated heterocycles. The minimum Gasteiger partial charge on any atom is -0.340 e. The lowest BCUT2D eigenvalue weighted by molar-refractivity contribution is -0.138. The van der Waals surface area contributed by atoms with Crippen LogP contribution in [0.15, 0.2) is 23.1 Å². The quantitative estimate of drug-likeness (QED) is 0.656. The number of piperidine rings is 1. The van der Waals surface area contributed by atoms with Gasteiger partial charge in [0.05, 0.1) is 4.90 Å². The first kappa shape index (κ1) is 24.4. The molecule has 11 heteroatoms. The van der Waals surface area contributed by atoms with E-state index in [1.807, 2.05) is 13.8 Å². The Morgan fingerprint density at radius 2 is 1.53 bits per heavy atom. The molecule has 0 aromatic heterocycles. The number of hydrogen-bond donors (Lipinski definition) is 0. The lowest BCUT2D eigenvalue weighted by atomic mass is 9.95. The minimum absolute atomic E-state index is 0.00282. The van der Waals surface area contributed by atoms with Crippen LogP contribution in [-0.4, -0.2) is 91.7 Å². The molecule has 3 amide bonds. The van der Waals surface area contributed by atoms with Gasteiger partial charge < -0.3 is 14.7 Å². The SMILES string of the molecule is CCN(CC)C(=O)N1CCC(C(=O)N2CCN(S(=O)(=O)c3ccc(F)c(F)c3)CC2)CC1. The second kappa shape index (κ2) is 10.1. The monoisotopic (exact) mass is 472 g/mol. The molecule has 0 unspecified atom stereocenters. The molecular weight excluding hydrogens is 442 g/mol. The molecule has 0 radical (unpaired) electrons. The van der Waals surface area contributed by atoms with Crippen molar-refractivity contribution in [2.24, 2.45) is 5.92 Å². The van der Waals surface area contributed by atoms with E-state index in [0.717, 1.165) is 12.1 Å². The molecule has 0 saturated carbocycles. The van der Waals surface area contributed by atoms with E-state index in [1.54, 1.807) is 14.7 Å². The molecule has 8 nitrogen and oxygen atoms in total. The van der Waals surface area contributed by atoms with Crippen LogP contribution in [0, 0.1) is 17.6 Å². The second-order valence-corrected chi connectivity index (χ2v) is 9.96. The minimum atomic E-state index is -3.97. The Kier molecular flexibility index (Phi) is 7.71. The largest absolute Gasteiger partial charge is 0.340 e. The molecule has 2 aliphatic heterocycles. The lowest BCUT2D eigenvalue weighted by Gasteiger charge is -2.39. The number of nitrogens with zero attached hydrogens (tertiary/aromatic N) is 4. The third-order valence-electron chi connectivity index (χ3n) is 6.23. The zero-order chi connectivity index (χ0) is 23.5. The van der Waals surface area contributed by atoms with Crippen LogP contribution in [0.5, 0.6) is 0 Å². The number of carbonyl (C=O) groups is 2. The van der Waals surface area contributed by atoms with Crippen molar-refractivity contribution in [2.45, 2.75) is 31.6 Å². The maximum absolute atomic E-state index is 13.5. The summed E-state index contributed by atoms with van der Waals surface area (Å²) < 4.78 is 53.3. The van der Waals surface area contributed by atoms with Crippen molar-refractivity contribution in [1.82, 2.24) is 19.0 Å². The van der Waals surface area contributed by atoms with Crippen molar-refractivity contribution in [3.05, 3.63) is 29.8 Å². The van der Waals surface area contributed by atoms with Gasteiger partial charge in [-0.1, -0.05) is 0 Å². The van der Waals surface area contributed by atoms with Gasteiger partial charge in [-0.15, -0.1) is 0 Å². The summed E-state index contributed by atoms with van der Waals surface area (Å²) in [5, 5.41) is 0. The summed E-state index contributed by atoms with van der Waals surface area (Å²) in [4.78, 5) is 30.3. The average molecular weight is 473 g/mol. The maximum atomic E-state index is 13.5. The van der Waals surface area contributed by atoms with Crippen LogP contribution in [0.4, 0.5) is 13.6 Å². The lowest BCUT2D eigenvalue weighted by Crippen LogP contribution is -2.53. The number of piperazine rings is 1. The molecule has 2 heterocycles. The average Bonchev–Trinajstić information content (AvgIpc) is 2.81. The van der Waals surface area contributed by atoms with Crippen LogP contribution in [0.2, 0.25) is 0 Å². The van der Waals surface area contributed by atoms with E-state index >= 15 is 0 Å². The predicted octanol–water partition coefficient (Wildman–Crippen LogP) is 1.97. The van der Waals surface area contributed by atoms with Crippen molar-refractivity contribution in [1.29, 1.82) is 0 Å². The highest BCUT2D eigenvalue weighted by molar-refractivity contribution is 7.89. The van der Waals surface area contributed by atoms with E-state index in [0.29, 0.717) is 45.1 Å². The molecule has 178 valence electrons. The Morgan fingerprint density at radius 3 is 2.06 bits per heavy atom. The van der Waals surface area contributed by atoms with E-state index in [9.17, 15) is 26.8 Å². The first-order valence-corrected chi connectivity index (χ1v) is 12.4. The fraction of sp³-hybridized carbons (Fsp3) is 0.619. The van der Waals surface area contributed by atoms with Gasteiger partial charge in [-0.25, -0.2) is 22.0 Å². The van der Waals surface area contributed by atoms with Crippen LogP contribution in [0.25, 0.3) is 0 Å². The summed E-state index contributed by atoms with van der Waals surface area (Å²) in [6.45, 7) is 6.86. The first-order chi connectivity index (χ1) is 15.2. The number of likely N-dealkylation sites (tertiary alicyclic amines) is 1. The normalized spacial score (nSPS) is 18.6. The van der Waals surface area contributed by atoms with Crippen molar-refractivity contribution in [3.8, 4) is 0 Å². The summed E-state index contributed by atoms with van der Waals surface area (Å²) in [6.07, 6.45) is 1.17. The van der Waals surface area contributed by atoms with Crippen LogP contribution < -0.4 is 0 Å². The van der Waals surface area contributed by atoms with Crippen LogP contribution >= 0.6 is 0 Å². The Balaban J connectivity index is 1.54. The fourth-order valence-electron chi connectivity index (χ4n) is 4.21. The summed E-state index contributed by atoms with van der Waals surface area (Å²) >= 11 is 0. The Bertz CT molecular complexity index is 939. The first-order valence-electron chi connectivity index (χ1n) is 11.0. The number of hydrogen-bond acceptors (Lipinski definition) is 4. The smallest absolute Gasteiger partial charge is 0.319 e. The molecule has 0 bridgehead atoms. The third kappa shape index (κ3) is 5.03. The van der Waals surface area contributed by atoms with Crippen LogP contribution in [0.1, 0.15) is 26.7 Å². The van der Waals surface area contributed by atoms with Crippen molar-refractivity contribution in [3.63, 3.8) is 0 Å². The van der Waals surface area contributed by atoms with E-state index in [-0.39, 0.29) is 48.9 Å². The molecule has 1 aromatic carbocycles. The summed E-state index contributed by atoms with van der Waals surface area (Å²) in [6, 6.07) is 2.50. The van der Waals surface area contributed by atoms with Gasteiger partial charge >= 0.3 is 6.03 Å². The van der Waals surface area contributed by atoms with Gasteiger partial charge in [0.25, 0.3) is 0 Å². The Morgan fingerprint density at radius 1 is 0.938 bits per heavy atom. The molecule has 0 spiro atoms. The molecule has 2 fully saturated rings.